The molecule has 1 saturated carbocycles. The lowest BCUT2D eigenvalue weighted by Crippen LogP contribution is -2.19. The molecule has 0 atom stereocenters. The van der Waals surface area contributed by atoms with Crippen molar-refractivity contribution in [1.29, 1.82) is 0 Å². The summed E-state index contributed by atoms with van der Waals surface area (Å²) < 4.78 is 0. The van der Waals surface area contributed by atoms with Gasteiger partial charge in [-0.05, 0) is 48.9 Å². The van der Waals surface area contributed by atoms with Gasteiger partial charge in [0.25, 0.3) is 5.91 Å². The number of amides is 1. The molecular formula is C21H24N2O2. The Balaban J connectivity index is 1.66. The zero-order valence-corrected chi connectivity index (χ0v) is 14.5. The molecule has 0 bridgehead atoms. The van der Waals surface area contributed by atoms with E-state index in [0.29, 0.717) is 5.92 Å². The molecule has 2 aromatic rings. The number of phenols is 1. The van der Waals surface area contributed by atoms with Crippen LogP contribution in [0, 0.1) is 0 Å². The van der Waals surface area contributed by atoms with Crippen LogP contribution in [-0.4, -0.2) is 16.7 Å². The van der Waals surface area contributed by atoms with Gasteiger partial charge in [-0.15, -0.1) is 0 Å². The minimum absolute atomic E-state index is 0.0512. The number of nitrogens with zero attached hydrogens (tertiary/aromatic N) is 1. The summed E-state index contributed by atoms with van der Waals surface area (Å²) in [4.78, 5) is 12.1. The lowest BCUT2D eigenvalue weighted by Gasteiger charge is -2.22. The molecule has 4 nitrogen and oxygen atoms in total. The summed E-state index contributed by atoms with van der Waals surface area (Å²) >= 11 is 0. The van der Waals surface area contributed by atoms with E-state index in [1.807, 2.05) is 6.92 Å². The summed E-state index contributed by atoms with van der Waals surface area (Å²) in [5.74, 6) is 0.210. The molecule has 1 aliphatic rings. The average molecular weight is 336 g/mol. The van der Waals surface area contributed by atoms with Gasteiger partial charge in [-0.25, -0.2) is 5.43 Å². The first-order valence-corrected chi connectivity index (χ1v) is 8.88. The zero-order valence-electron chi connectivity index (χ0n) is 14.5. The van der Waals surface area contributed by atoms with E-state index in [-0.39, 0.29) is 11.3 Å². The van der Waals surface area contributed by atoms with Crippen LogP contribution in [0.5, 0.6) is 5.75 Å². The van der Waals surface area contributed by atoms with Gasteiger partial charge in [0.2, 0.25) is 0 Å². The van der Waals surface area contributed by atoms with Gasteiger partial charge in [0.15, 0.2) is 0 Å². The van der Waals surface area contributed by atoms with Crippen molar-refractivity contribution >= 4 is 11.6 Å². The number of nitrogens with one attached hydrogen (secondary N) is 1. The van der Waals surface area contributed by atoms with E-state index >= 15 is 0 Å². The van der Waals surface area contributed by atoms with Crippen LogP contribution in [0.15, 0.2) is 53.6 Å². The number of hydrogen-bond acceptors (Lipinski definition) is 3. The molecule has 0 radical (unpaired) electrons. The number of rotatable bonds is 4. The van der Waals surface area contributed by atoms with Gasteiger partial charge in [-0.2, -0.15) is 5.10 Å². The van der Waals surface area contributed by atoms with Crippen LogP contribution < -0.4 is 5.43 Å². The van der Waals surface area contributed by atoms with E-state index in [9.17, 15) is 9.90 Å². The fourth-order valence-corrected chi connectivity index (χ4v) is 3.36. The first-order chi connectivity index (χ1) is 12.1. The molecule has 25 heavy (non-hydrogen) atoms. The molecule has 3 rings (SSSR count). The average Bonchev–Trinajstić information content (AvgIpc) is 2.67. The Morgan fingerprint density at radius 2 is 1.72 bits per heavy atom. The maximum atomic E-state index is 12.1. The maximum Gasteiger partial charge on any atom is 0.275 e. The summed E-state index contributed by atoms with van der Waals surface area (Å²) in [6.45, 7) is 1.86. The minimum atomic E-state index is -0.420. The highest BCUT2D eigenvalue weighted by molar-refractivity contribution is 6.01. The van der Waals surface area contributed by atoms with Crippen molar-refractivity contribution in [3.63, 3.8) is 0 Å². The summed E-state index contributed by atoms with van der Waals surface area (Å²) in [6.07, 6.45) is 6.57. The molecule has 2 aromatic carbocycles. The highest BCUT2D eigenvalue weighted by Crippen LogP contribution is 2.32. The topological polar surface area (TPSA) is 61.7 Å². The normalized spacial score (nSPS) is 15.8. The number of aromatic hydroxyl groups is 1. The monoisotopic (exact) mass is 336 g/mol. The van der Waals surface area contributed by atoms with E-state index in [0.717, 1.165) is 11.3 Å². The lowest BCUT2D eigenvalue weighted by molar-refractivity contribution is 0.0952. The summed E-state index contributed by atoms with van der Waals surface area (Å²) in [5, 5.41) is 13.9. The third-order valence-electron chi connectivity index (χ3n) is 4.88. The van der Waals surface area contributed by atoms with Crippen molar-refractivity contribution in [2.75, 3.05) is 0 Å². The van der Waals surface area contributed by atoms with Crippen LogP contribution in [0.2, 0.25) is 0 Å². The van der Waals surface area contributed by atoms with Crippen molar-refractivity contribution in [1.82, 2.24) is 5.43 Å². The van der Waals surface area contributed by atoms with Crippen molar-refractivity contribution in [3.8, 4) is 5.75 Å². The van der Waals surface area contributed by atoms with Crippen molar-refractivity contribution in [2.24, 2.45) is 5.10 Å². The summed E-state index contributed by atoms with van der Waals surface area (Å²) in [5.41, 5.74) is 5.84. The maximum absolute atomic E-state index is 12.1. The van der Waals surface area contributed by atoms with E-state index in [4.69, 9.17) is 0 Å². The molecule has 1 amide bonds. The van der Waals surface area contributed by atoms with Crippen molar-refractivity contribution in [3.05, 3.63) is 65.2 Å². The number of carbonyl (C=O) groups is 1. The molecule has 0 saturated heterocycles. The predicted octanol–water partition coefficient (Wildman–Crippen LogP) is 4.59. The molecule has 1 aliphatic carbocycles. The summed E-state index contributed by atoms with van der Waals surface area (Å²) in [7, 11) is 0. The number of benzene rings is 2. The Morgan fingerprint density at radius 3 is 2.40 bits per heavy atom. The van der Waals surface area contributed by atoms with Crippen LogP contribution in [0.25, 0.3) is 0 Å². The molecule has 0 spiro atoms. The van der Waals surface area contributed by atoms with Crippen LogP contribution in [0.3, 0.4) is 0 Å². The molecule has 2 N–H and O–H groups in total. The Bertz CT molecular complexity index is 760. The first-order valence-electron chi connectivity index (χ1n) is 8.88. The van der Waals surface area contributed by atoms with Gasteiger partial charge in [-0.1, -0.05) is 55.7 Å². The highest BCUT2D eigenvalue weighted by atomic mass is 16.3. The van der Waals surface area contributed by atoms with Gasteiger partial charge in [-0.3, -0.25) is 4.79 Å². The quantitative estimate of drug-likeness (QED) is 0.633. The Morgan fingerprint density at radius 1 is 1.04 bits per heavy atom. The standard InChI is InChI=1S/C21H24N2O2/c1-15(22-23-21(25)19-9-5-6-10-20(19)24)16-11-13-18(14-12-16)17-7-3-2-4-8-17/h5-6,9-14,17,24H,2-4,7-8H2,1H3,(H,23,25)/b22-15+. The van der Waals surface area contributed by atoms with Gasteiger partial charge in [0.1, 0.15) is 5.75 Å². The van der Waals surface area contributed by atoms with Gasteiger partial charge in [0.05, 0.1) is 11.3 Å². The Kier molecular flexibility index (Phi) is 5.49. The number of phenolic OH excluding ortho intramolecular Hbond substituents is 1. The number of para-hydroxylation sites is 1. The molecule has 130 valence electrons. The second kappa shape index (κ2) is 7.97. The predicted molar refractivity (Wildman–Crippen MR) is 100 cm³/mol. The fraction of sp³-hybridized carbons (Fsp3) is 0.333. The molecule has 0 heterocycles. The smallest absolute Gasteiger partial charge is 0.275 e. The van der Waals surface area contributed by atoms with Crippen LogP contribution in [0.4, 0.5) is 0 Å². The lowest BCUT2D eigenvalue weighted by atomic mass is 9.84. The van der Waals surface area contributed by atoms with E-state index in [1.165, 1.54) is 43.7 Å². The number of hydrazone groups is 1. The van der Waals surface area contributed by atoms with Gasteiger partial charge in [0, 0.05) is 0 Å². The van der Waals surface area contributed by atoms with Gasteiger partial charge >= 0.3 is 0 Å². The van der Waals surface area contributed by atoms with Crippen LogP contribution in [0.1, 0.15) is 66.4 Å². The van der Waals surface area contributed by atoms with Crippen molar-refractivity contribution < 1.29 is 9.90 Å². The van der Waals surface area contributed by atoms with Gasteiger partial charge < -0.3 is 5.11 Å². The summed E-state index contributed by atoms with van der Waals surface area (Å²) in [6, 6.07) is 14.9. The molecule has 1 fully saturated rings. The second-order valence-electron chi connectivity index (χ2n) is 6.61. The van der Waals surface area contributed by atoms with E-state index in [2.05, 4.69) is 34.8 Å². The van der Waals surface area contributed by atoms with E-state index < -0.39 is 5.91 Å². The zero-order chi connectivity index (χ0) is 17.6. The third kappa shape index (κ3) is 4.27. The fourth-order valence-electron chi connectivity index (χ4n) is 3.36. The van der Waals surface area contributed by atoms with Crippen LogP contribution >= 0.6 is 0 Å². The molecular weight excluding hydrogens is 312 g/mol. The molecule has 0 aromatic heterocycles. The van der Waals surface area contributed by atoms with Crippen molar-refractivity contribution in [2.45, 2.75) is 44.9 Å². The number of carbonyl (C=O) groups excluding carboxylic acids is 1. The molecule has 0 unspecified atom stereocenters. The van der Waals surface area contributed by atoms with Crippen LogP contribution in [-0.2, 0) is 0 Å². The number of hydrogen-bond donors (Lipinski definition) is 2. The Labute approximate surface area is 148 Å². The second-order valence-corrected chi connectivity index (χ2v) is 6.61. The molecule has 0 aliphatic heterocycles. The Hall–Kier alpha value is -2.62. The first kappa shape index (κ1) is 17.2. The highest BCUT2D eigenvalue weighted by Gasteiger charge is 2.15. The third-order valence-corrected chi connectivity index (χ3v) is 4.88. The minimum Gasteiger partial charge on any atom is -0.507 e. The molecule has 4 heteroatoms. The largest absolute Gasteiger partial charge is 0.507 e. The van der Waals surface area contributed by atoms with E-state index in [1.54, 1.807) is 18.2 Å². The SMILES string of the molecule is C/C(=N\NC(=O)c1ccccc1O)c1ccc(C2CCCCC2)cc1.